The van der Waals surface area contributed by atoms with Gasteiger partial charge in [-0.3, -0.25) is 4.98 Å². The average molecular weight is 299 g/mol. The van der Waals surface area contributed by atoms with Gasteiger partial charge >= 0.3 is 0 Å². The summed E-state index contributed by atoms with van der Waals surface area (Å²) in [6.07, 6.45) is 2.98. The molecule has 0 saturated heterocycles. The first-order valence-corrected chi connectivity index (χ1v) is 6.33. The molecule has 0 radical (unpaired) electrons. The number of nitrogens with zero attached hydrogens (tertiary/aromatic N) is 1. The van der Waals surface area contributed by atoms with E-state index in [-0.39, 0.29) is 6.61 Å². The molecule has 0 spiro atoms. The Morgan fingerprint density at radius 3 is 2.60 bits per heavy atom. The Morgan fingerprint density at radius 1 is 1.30 bits per heavy atom. The fourth-order valence-electron chi connectivity index (χ4n) is 1.73. The Balaban J connectivity index is 2.16. The van der Waals surface area contributed by atoms with Crippen LogP contribution in [0.5, 0.6) is 5.75 Å². The van der Waals surface area contributed by atoms with Gasteiger partial charge in [-0.15, -0.1) is 0 Å². The van der Waals surface area contributed by atoms with Gasteiger partial charge in [-0.2, -0.15) is 0 Å². The molecule has 0 fully saturated rings. The number of nitrogens with one attached hydrogen (secondary N) is 1. The van der Waals surface area contributed by atoms with E-state index in [0.29, 0.717) is 22.7 Å². The van der Waals surface area contributed by atoms with E-state index >= 15 is 0 Å². The fraction of sp³-hybridized carbons (Fsp3) is 0.214. The molecule has 0 unspecified atom stereocenters. The molecule has 0 amide bonds. The van der Waals surface area contributed by atoms with E-state index in [1.165, 1.54) is 24.5 Å². The van der Waals surface area contributed by atoms with Gasteiger partial charge in [0.1, 0.15) is 6.61 Å². The second-order valence-corrected chi connectivity index (χ2v) is 4.58. The molecule has 2 rings (SSSR count). The van der Waals surface area contributed by atoms with Crippen LogP contribution in [0.1, 0.15) is 11.1 Å². The van der Waals surface area contributed by atoms with Gasteiger partial charge in [0.2, 0.25) is 0 Å². The molecule has 0 aliphatic rings. The highest BCUT2D eigenvalue weighted by molar-refractivity contribution is 6.31. The van der Waals surface area contributed by atoms with E-state index in [1.54, 1.807) is 13.1 Å². The highest BCUT2D eigenvalue weighted by Crippen LogP contribution is 2.25. The summed E-state index contributed by atoms with van der Waals surface area (Å²) in [6.45, 7) is 0.352. The summed E-state index contributed by atoms with van der Waals surface area (Å²) in [7, 11) is 1.70. The number of hydrogen-bond donors (Lipinski definition) is 1. The van der Waals surface area contributed by atoms with Crippen molar-refractivity contribution < 1.29 is 13.5 Å². The summed E-state index contributed by atoms with van der Waals surface area (Å²) >= 11 is 5.90. The predicted molar refractivity (Wildman–Crippen MR) is 72.7 cm³/mol. The second kappa shape index (κ2) is 6.63. The minimum absolute atomic E-state index is 0.0272. The molecule has 106 valence electrons. The fourth-order valence-corrected chi connectivity index (χ4v) is 1.90. The van der Waals surface area contributed by atoms with Crippen LogP contribution in [0.25, 0.3) is 0 Å². The van der Waals surface area contributed by atoms with E-state index < -0.39 is 17.4 Å². The summed E-state index contributed by atoms with van der Waals surface area (Å²) in [5.74, 6) is -1.88. The first-order chi connectivity index (χ1) is 9.61. The summed E-state index contributed by atoms with van der Waals surface area (Å²) < 4.78 is 32.8. The number of aromatic nitrogens is 1. The van der Waals surface area contributed by atoms with Gasteiger partial charge in [0.15, 0.2) is 17.4 Å². The first-order valence-electron chi connectivity index (χ1n) is 5.95. The van der Waals surface area contributed by atoms with Gasteiger partial charge in [0, 0.05) is 24.5 Å². The number of benzene rings is 1. The van der Waals surface area contributed by atoms with Crippen molar-refractivity contribution in [3.8, 4) is 5.75 Å². The molecule has 1 aromatic heterocycles. The molecule has 0 saturated carbocycles. The smallest absolute Gasteiger partial charge is 0.191 e. The number of halogens is 3. The van der Waals surface area contributed by atoms with Gasteiger partial charge in [-0.05, 0) is 30.8 Å². The van der Waals surface area contributed by atoms with Crippen molar-refractivity contribution in [1.29, 1.82) is 0 Å². The molecule has 0 atom stereocenters. The summed E-state index contributed by atoms with van der Waals surface area (Å²) in [4.78, 5) is 3.82. The average Bonchev–Trinajstić information content (AvgIpc) is 2.40. The molecule has 3 nitrogen and oxygen atoms in total. The summed E-state index contributed by atoms with van der Waals surface area (Å²) in [5.41, 5.74) is 1.12. The van der Waals surface area contributed by atoms with Gasteiger partial charge < -0.3 is 10.1 Å². The van der Waals surface area contributed by atoms with Crippen LogP contribution in [-0.2, 0) is 13.2 Å². The Labute approximate surface area is 120 Å². The molecule has 2 aromatic rings. The Bertz CT molecular complexity index is 584. The van der Waals surface area contributed by atoms with E-state index in [1.807, 2.05) is 0 Å². The molecular weight excluding hydrogens is 286 g/mol. The quantitative estimate of drug-likeness (QED) is 0.919. The maximum Gasteiger partial charge on any atom is 0.191 e. The standard InChI is InChI=1S/C14H13ClF2N2O/c1-18-6-9-4-12(16)14(13(17)5-9)20-8-10-2-3-19-7-11(10)15/h2-5,7,18H,6,8H2,1H3. The monoisotopic (exact) mass is 298 g/mol. The number of ether oxygens (including phenoxy) is 1. The van der Waals surface area contributed by atoms with Gasteiger partial charge in [-0.1, -0.05) is 11.6 Å². The zero-order chi connectivity index (χ0) is 14.5. The van der Waals surface area contributed by atoms with Crippen LogP contribution in [0.4, 0.5) is 8.78 Å². The lowest BCUT2D eigenvalue weighted by atomic mass is 10.2. The number of rotatable bonds is 5. The van der Waals surface area contributed by atoms with Crippen molar-refractivity contribution in [2.45, 2.75) is 13.2 Å². The highest BCUT2D eigenvalue weighted by atomic mass is 35.5. The van der Waals surface area contributed by atoms with Crippen LogP contribution in [-0.4, -0.2) is 12.0 Å². The summed E-state index contributed by atoms with van der Waals surface area (Å²) in [5, 5.41) is 3.21. The maximum atomic E-state index is 13.8. The van der Waals surface area contributed by atoms with Crippen LogP contribution in [0.15, 0.2) is 30.6 Å². The van der Waals surface area contributed by atoms with Crippen LogP contribution in [0.2, 0.25) is 5.02 Å². The van der Waals surface area contributed by atoms with Crippen molar-refractivity contribution in [1.82, 2.24) is 10.3 Å². The Kier molecular flexibility index (Phi) is 4.87. The zero-order valence-electron chi connectivity index (χ0n) is 10.8. The topological polar surface area (TPSA) is 34.1 Å². The molecule has 6 heteroatoms. The first kappa shape index (κ1) is 14.7. The molecule has 0 aliphatic carbocycles. The van der Waals surface area contributed by atoms with Crippen LogP contribution in [0.3, 0.4) is 0 Å². The SMILES string of the molecule is CNCc1cc(F)c(OCc2ccncc2Cl)c(F)c1. The van der Waals surface area contributed by atoms with Gasteiger partial charge in [0.05, 0.1) is 5.02 Å². The maximum absolute atomic E-state index is 13.8. The third-order valence-corrected chi connectivity index (χ3v) is 3.01. The third-order valence-electron chi connectivity index (χ3n) is 2.67. The Morgan fingerprint density at radius 2 is 2.00 bits per heavy atom. The second-order valence-electron chi connectivity index (χ2n) is 4.17. The highest BCUT2D eigenvalue weighted by Gasteiger charge is 2.13. The van der Waals surface area contributed by atoms with E-state index in [2.05, 4.69) is 10.3 Å². The van der Waals surface area contributed by atoms with Crippen molar-refractivity contribution in [2.75, 3.05) is 7.05 Å². The lowest BCUT2D eigenvalue weighted by molar-refractivity contribution is 0.273. The van der Waals surface area contributed by atoms with Crippen LogP contribution >= 0.6 is 11.6 Å². The lowest BCUT2D eigenvalue weighted by Crippen LogP contribution is -2.07. The van der Waals surface area contributed by atoms with Crippen molar-refractivity contribution in [3.63, 3.8) is 0 Å². The summed E-state index contributed by atoms with van der Waals surface area (Å²) in [6, 6.07) is 4.11. The van der Waals surface area contributed by atoms with E-state index in [0.717, 1.165) is 0 Å². The molecular formula is C14H13ClF2N2O. The predicted octanol–water partition coefficient (Wildman–Crippen LogP) is 3.31. The zero-order valence-corrected chi connectivity index (χ0v) is 11.5. The molecule has 0 aliphatic heterocycles. The molecule has 20 heavy (non-hydrogen) atoms. The van der Waals surface area contributed by atoms with Crippen molar-refractivity contribution >= 4 is 11.6 Å². The Hall–Kier alpha value is -1.72. The minimum Gasteiger partial charge on any atom is -0.483 e. The van der Waals surface area contributed by atoms with Crippen molar-refractivity contribution in [3.05, 3.63) is 58.4 Å². The van der Waals surface area contributed by atoms with E-state index in [9.17, 15) is 8.78 Å². The number of hydrogen-bond acceptors (Lipinski definition) is 3. The largest absolute Gasteiger partial charge is 0.483 e. The molecule has 1 aromatic carbocycles. The van der Waals surface area contributed by atoms with Crippen LogP contribution < -0.4 is 10.1 Å². The van der Waals surface area contributed by atoms with Crippen LogP contribution in [0, 0.1) is 11.6 Å². The van der Waals surface area contributed by atoms with E-state index in [4.69, 9.17) is 16.3 Å². The molecule has 1 heterocycles. The molecule has 0 bridgehead atoms. The minimum atomic E-state index is -0.736. The third kappa shape index (κ3) is 3.43. The van der Waals surface area contributed by atoms with Gasteiger partial charge in [0.25, 0.3) is 0 Å². The molecule has 1 N–H and O–H groups in total. The van der Waals surface area contributed by atoms with Gasteiger partial charge in [-0.25, -0.2) is 8.78 Å². The van der Waals surface area contributed by atoms with Crippen molar-refractivity contribution in [2.24, 2.45) is 0 Å². The normalized spacial score (nSPS) is 10.6. The lowest BCUT2D eigenvalue weighted by Gasteiger charge is -2.11. The number of pyridine rings is 1.